The number of rotatable bonds is 4. The van der Waals surface area contributed by atoms with Crippen LogP contribution in [0.1, 0.15) is 45.0 Å². The first-order valence-electron chi connectivity index (χ1n) is 12.2. The molecule has 1 amide bonds. The van der Waals surface area contributed by atoms with Crippen LogP contribution in [-0.4, -0.2) is 25.7 Å². The standard InChI is InChI=1S/C29H25ClFN5O/c1-17-6-8-22-24-15-29(19-4-3-5-20(31)13-19,11-10-26(24)33-27(22)12-17)34-28(37)23-9-7-21(14-25(23)30)36-16-32-18(2)35-36/h3-9,12-14,16,33H,10-11,15H2,1-2H3,(H,34,37)/t29-/m1/s1. The third-order valence-electron chi connectivity index (χ3n) is 7.23. The fourth-order valence-electron chi connectivity index (χ4n) is 5.37. The average Bonchev–Trinajstić information content (AvgIpc) is 3.46. The number of carbonyl (C=O) groups excluding carboxylic acids is 1. The zero-order chi connectivity index (χ0) is 25.7. The van der Waals surface area contributed by atoms with E-state index in [0.29, 0.717) is 34.9 Å². The minimum atomic E-state index is -0.794. The fourth-order valence-corrected chi connectivity index (χ4v) is 5.63. The molecule has 0 saturated heterocycles. The van der Waals surface area contributed by atoms with E-state index in [4.69, 9.17) is 11.6 Å². The van der Waals surface area contributed by atoms with Gasteiger partial charge >= 0.3 is 0 Å². The molecule has 2 N–H and O–H groups in total. The zero-order valence-corrected chi connectivity index (χ0v) is 21.2. The van der Waals surface area contributed by atoms with E-state index in [0.717, 1.165) is 34.1 Å². The van der Waals surface area contributed by atoms with Crippen molar-refractivity contribution in [2.24, 2.45) is 0 Å². The van der Waals surface area contributed by atoms with Crippen LogP contribution in [0.5, 0.6) is 0 Å². The molecule has 0 radical (unpaired) electrons. The number of halogens is 2. The fraction of sp³-hybridized carbons (Fsp3) is 0.207. The summed E-state index contributed by atoms with van der Waals surface area (Å²) in [5.41, 5.74) is 5.55. The number of aromatic nitrogens is 4. The molecular formula is C29H25ClFN5O. The summed E-state index contributed by atoms with van der Waals surface area (Å²) in [5, 5.41) is 9.00. The molecule has 0 bridgehead atoms. The van der Waals surface area contributed by atoms with Gasteiger partial charge in [-0.1, -0.05) is 35.9 Å². The van der Waals surface area contributed by atoms with E-state index in [1.54, 1.807) is 42.2 Å². The third kappa shape index (κ3) is 4.19. The van der Waals surface area contributed by atoms with Crippen molar-refractivity contribution in [3.8, 4) is 5.69 Å². The molecule has 0 fully saturated rings. The Labute approximate surface area is 218 Å². The molecule has 0 aliphatic heterocycles. The first kappa shape index (κ1) is 23.4. The molecule has 37 heavy (non-hydrogen) atoms. The van der Waals surface area contributed by atoms with Crippen LogP contribution >= 0.6 is 11.6 Å². The van der Waals surface area contributed by atoms with Gasteiger partial charge in [-0.15, -0.1) is 0 Å². The van der Waals surface area contributed by atoms with Crippen molar-refractivity contribution >= 4 is 28.4 Å². The lowest BCUT2D eigenvalue weighted by molar-refractivity contribution is 0.0885. The van der Waals surface area contributed by atoms with Gasteiger partial charge in [-0.05, 0) is 79.8 Å². The van der Waals surface area contributed by atoms with Gasteiger partial charge in [-0.2, -0.15) is 5.10 Å². The molecule has 1 atom stereocenters. The molecular weight excluding hydrogens is 489 g/mol. The van der Waals surface area contributed by atoms with E-state index in [9.17, 15) is 9.18 Å². The Morgan fingerprint density at radius 3 is 2.76 bits per heavy atom. The monoisotopic (exact) mass is 513 g/mol. The molecule has 5 aromatic rings. The van der Waals surface area contributed by atoms with Gasteiger partial charge in [-0.3, -0.25) is 4.79 Å². The van der Waals surface area contributed by atoms with Gasteiger partial charge in [0, 0.05) is 23.0 Å². The molecule has 2 heterocycles. The smallest absolute Gasteiger partial charge is 0.253 e. The third-order valence-corrected chi connectivity index (χ3v) is 7.54. The highest BCUT2D eigenvalue weighted by molar-refractivity contribution is 6.34. The minimum Gasteiger partial charge on any atom is -0.358 e. The molecule has 6 rings (SSSR count). The van der Waals surface area contributed by atoms with E-state index in [-0.39, 0.29) is 11.7 Å². The number of fused-ring (bicyclic) bond motifs is 3. The summed E-state index contributed by atoms with van der Waals surface area (Å²) in [6.07, 6.45) is 3.48. The van der Waals surface area contributed by atoms with Crippen LogP contribution in [0, 0.1) is 19.7 Å². The number of hydrogen-bond donors (Lipinski definition) is 2. The van der Waals surface area contributed by atoms with E-state index in [1.165, 1.54) is 17.7 Å². The quantitative estimate of drug-likeness (QED) is 0.311. The van der Waals surface area contributed by atoms with E-state index in [2.05, 4.69) is 45.5 Å². The van der Waals surface area contributed by atoms with Gasteiger partial charge in [-0.25, -0.2) is 14.1 Å². The molecule has 0 saturated carbocycles. The normalized spacial score (nSPS) is 17.1. The van der Waals surface area contributed by atoms with E-state index in [1.807, 2.05) is 6.07 Å². The van der Waals surface area contributed by atoms with Crippen molar-refractivity contribution in [3.63, 3.8) is 0 Å². The molecule has 0 spiro atoms. The SMILES string of the molecule is Cc1ccc2c3c([nH]c2c1)CC[C@](NC(=O)c1ccc(-n2cnc(C)n2)cc1Cl)(c1cccc(F)c1)C3. The molecule has 1 aliphatic carbocycles. The van der Waals surface area contributed by atoms with Crippen LogP contribution in [0.3, 0.4) is 0 Å². The van der Waals surface area contributed by atoms with Crippen LogP contribution < -0.4 is 5.32 Å². The van der Waals surface area contributed by atoms with Crippen LogP contribution in [-0.2, 0) is 18.4 Å². The van der Waals surface area contributed by atoms with E-state index < -0.39 is 5.54 Å². The number of aryl methyl sites for hydroxylation is 3. The van der Waals surface area contributed by atoms with Crippen molar-refractivity contribution in [3.05, 3.63) is 112 Å². The highest BCUT2D eigenvalue weighted by Crippen LogP contribution is 2.40. The van der Waals surface area contributed by atoms with Gasteiger partial charge in [0.2, 0.25) is 0 Å². The highest BCUT2D eigenvalue weighted by atomic mass is 35.5. The van der Waals surface area contributed by atoms with Crippen LogP contribution in [0.25, 0.3) is 16.6 Å². The van der Waals surface area contributed by atoms with Gasteiger partial charge in [0.25, 0.3) is 5.91 Å². The molecule has 6 nitrogen and oxygen atoms in total. The predicted octanol–water partition coefficient (Wildman–Crippen LogP) is 5.97. The Balaban J connectivity index is 1.39. The summed E-state index contributed by atoms with van der Waals surface area (Å²) in [6.45, 7) is 3.87. The maximum Gasteiger partial charge on any atom is 0.253 e. The number of carbonyl (C=O) groups is 1. The second-order valence-electron chi connectivity index (χ2n) is 9.76. The first-order valence-corrected chi connectivity index (χ1v) is 12.6. The van der Waals surface area contributed by atoms with Gasteiger partial charge in [0.05, 0.1) is 21.8 Å². The Hall–Kier alpha value is -3.97. The number of hydrogen-bond acceptors (Lipinski definition) is 3. The topological polar surface area (TPSA) is 75.6 Å². The number of aromatic amines is 1. The number of nitrogens with zero attached hydrogens (tertiary/aromatic N) is 3. The maximum absolute atomic E-state index is 14.4. The first-order chi connectivity index (χ1) is 17.8. The van der Waals surface area contributed by atoms with Gasteiger partial charge in [0.15, 0.2) is 0 Å². The number of benzene rings is 3. The lowest BCUT2D eigenvalue weighted by Crippen LogP contribution is -2.49. The van der Waals surface area contributed by atoms with Crippen molar-refractivity contribution in [1.29, 1.82) is 0 Å². The second kappa shape index (κ2) is 8.85. The number of amides is 1. The maximum atomic E-state index is 14.4. The van der Waals surface area contributed by atoms with Gasteiger partial charge in [0.1, 0.15) is 18.0 Å². The number of H-pyrrole nitrogens is 1. The Kier molecular flexibility index (Phi) is 5.60. The molecule has 0 unspecified atom stereocenters. The zero-order valence-electron chi connectivity index (χ0n) is 20.5. The van der Waals surface area contributed by atoms with E-state index >= 15 is 0 Å². The summed E-state index contributed by atoms with van der Waals surface area (Å²) in [6, 6.07) is 18.0. The summed E-state index contributed by atoms with van der Waals surface area (Å²) < 4.78 is 16.0. The molecule has 3 aromatic carbocycles. The summed E-state index contributed by atoms with van der Waals surface area (Å²) in [7, 11) is 0. The van der Waals surface area contributed by atoms with Crippen molar-refractivity contribution < 1.29 is 9.18 Å². The van der Waals surface area contributed by atoms with Crippen molar-refractivity contribution in [1.82, 2.24) is 25.1 Å². The second-order valence-corrected chi connectivity index (χ2v) is 10.2. The average molecular weight is 514 g/mol. The highest BCUT2D eigenvalue weighted by Gasteiger charge is 2.39. The summed E-state index contributed by atoms with van der Waals surface area (Å²) >= 11 is 6.58. The van der Waals surface area contributed by atoms with Crippen molar-refractivity contribution in [2.75, 3.05) is 0 Å². The molecule has 1 aliphatic rings. The summed E-state index contributed by atoms with van der Waals surface area (Å²) in [5.74, 6) is -0.00853. The lowest BCUT2D eigenvalue weighted by atomic mass is 9.75. The van der Waals surface area contributed by atoms with Gasteiger partial charge < -0.3 is 10.3 Å². The van der Waals surface area contributed by atoms with Crippen LogP contribution in [0.2, 0.25) is 5.02 Å². The minimum absolute atomic E-state index is 0.302. The molecule has 8 heteroatoms. The van der Waals surface area contributed by atoms with Crippen LogP contribution in [0.15, 0.2) is 67.0 Å². The number of nitrogens with one attached hydrogen (secondary N) is 2. The molecule has 186 valence electrons. The predicted molar refractivity (Wildman–Crippen MR) is 142 cm³/mol. The molecule has 2 aromatic heterocycles. The summed E-state index contributed by atoms with van der Waals surface area (Å²) in [4.78, 5) is 21.4. The largest absolute Gasteiger partial charge is 0.358 e. The lowest BCUT2D eigenvalue weighted by Gasteiger charge is -2.39. The van der Waals surface area contributed by atoms with Crippen LogP contribution in [0.4, 0.5) is 4.39 Å². The Morgan fingerprint density at radius 2 is 2.00 bits per heavy atom. The van der Waals surface area contributed by atoms with Crippen molar-refractivity contribution in [2.45, 2.75) is 38.6 Å². The Bertz CT molecular complexity index is 1670. The Morgan fingerprint density at radius 1 is 1.14 bits per heavy atom.